The predicted molar refractivity (Wildman–Crippen MR) is 134 cm³/mol. The highest BCUT2D eigenvalue weighted by atomic mass is 32.2. The molecule has 0 saturated carbocycles. The van der Waals surface area contributed by atoms with E-state index in [0.717, 1.165) is 12.1 Å². The number of ether oxygens (including phenoxy) is 1. The summed E-state index contributed by atoms with van der Waals surface area (Å²) in [5.74, 6) is 3.69. The van der Waals surface area contributed by atoms with Gasteiger partial charge in [-0.25, -0.2) is 31.7 Å². The van der Waals surface area contributed by atoms with E-state index in [-0.39, 0.29) is 11.6 Å². The van der Waals surface area contributed by atoms with Gasteiger partial charge < -0.3 is 15.2 Å². The summed E-state index contributed by atoms with van der Waals surface area (Å²) in [6, 6.07) is 6.95. The molecule has 0 atom stereocenters. The topological polar surface area (TPSA) is 131 Å². The number of aromatic nitrogens is 4. The number of imidazole rings is 1. The summed E-state index contributed by atoms with van der Waals surface area (Å²) in [6.45, 7) is 1.34. The lowest BCUT2D eigenvalue weighted by Gasteiger charge is -2.27. The van der Waals surface area contributed by atoms with E-state index in [2.05, 4.69) is 36.9 Å². The minimum Gasteiger partial charge on any atom is -0.480 e. The molecule has 0 radical (unpaired) electrons. The van der Waals surface area contributed by atoms with Gasteiger partial charge >= 0.3 is 0 Å². The van der Waals surface area contributed by atoms with Crippen LogP contribution in [0.1, 0.15) is 18.5 Å². The van der Waals surface area contributed by atoms with Gasteiger partial charge in [-0.3, -0.25) is 4.72 Å². The zero-order chi connectivity index (χ0) is 26.9. The maximum Gasteiger partial charge on any atom is 0.264 e. The first-order valence-corrected chi connectivity index (χ1v) is 13.0. The average Bonchev–Trinajstić information content (AvgIpc) is 3.30. The van der Waals surface area contributed by atoms with Crippen LogP contribution in [0.2, 0.25) is 0 Å². The first-order chi connectivity index (χ1) is 18.2. The third-order valence-electron chi connectivity index (χ3n) is 5.98. The lowest BCUT2D eigenvalue weighted by Crippen LogP contribution is -2.40. The molecule has 1 aliphatic rings. The first kappa shape index (κ1) is 25.5. The molecule has 0 amide bonds. The SMILES string of the molecule is COc1ncc(-c2ccc3ncc(C#CC4(O)CCNCC4)n3n2)cc1NS(=O)(=O)c1ccc(F)cc1F. The number of pyridine rings is 1. The zero-order valence-corrected chi connectivity index (χ0v) is 20.9. The van der Waals surface area contributed by atoms with Crippen molar-refractivity contribution in [3.05, 3.63) is 66.1 Å². The van der Waals surface area contributed by atoms with Gasteiger partial charge in [-0.1, -0.05) is 5.92 Å². The second-order valence-corrected chi connectivity index (χ2v) is 10.3. The predicted octanol–water partition coefficient (Wildman–Crippen LogP) is 2.34. The maximum atomic E-state index is 14.2. The second kappa shape index (κ2) is 9.97. The standard InChI is InChI=1S/C25H22F2N6O4S/c1-37-24-21(32-38(35,36)22-4-2-17(26)13-19(22)27)12-16(14-30-24)20-3-5-23-29-15-18(33(23)31-20)6-7-25(34)8-10-28-11-9-25/h2-5,12-15,28,32,34H,8-11H2,1H3. The summed E-state index contributed by atoms with van der Waals surface area (Å²) in [6.07, 6.45) is 4.00. The Bertz CT molecular complexity index is 1690. The van der Waals surface area contributed by atoms with Crippen LogP contribution in [-0.2, 0) is 10.0 Å². The van der Waals surface area contributed by atoms with Crippen LogP contribution in [-0.4, -0.2) is 58.9 Å². The van der Waals surface area contributed by atoms with E-state index < -0.39 is 32.2 Å². The van der Waals surface area contributed by atoms with Crippen LogP contribution < -0.4 is 14.8 Å². The van der Waals surface area contributed by atoms with Crippen LogP contribution in [0.3, 0.4) is 0 Å². The Morgan fingerprint density at radius 3 is 2.66 bits per heavy atom. The third kappa shape index (κ3) is 5.14. The molecule has 0 unspecified atom stereocenters. The minimum absolute atomic E-state index is 0.0645. The fourth-order valence-electron chi connectivity index (χ4n) is 3.98. The van der Waals surface area contributed by atoms with E-state index in [1.807, 2.05) is 0 Å². The van der Waals surface area contributed by atoms with Crippen molar-refractivity contribution >= 4 is 21.4 Å². The molecule has 1 fully saturated rings. The summed E-state index contributed by atoms with van der Waals surface area (Å²) in [7, 11) is -3.14. The van der Waals surface area contributed by atoms with Gasteiger partial charge in [-0.05, 0) is 62.2 Å². The number of halogens is 2. The van der Waals surface area contributed by atoms with Crippen molar-refractivity contribution in [3.63, 3.8) is 0 Å². The fraction of sp³-hybridized carbons (Fsp3) is 0.240. The van der Waals surface area contributed by atoms with Crippen molar-refractivity contribution in [2.24, 2.45) is 0 Å². The molecule has 1 saturated heterocycles. The monoisotopic (exact) mass is 540 g/mol. The summed E-state index contributed by atoms with van der Waals surface area (Å²) in [4.78, 5) is 7.71. The molecule has 3 aromatic heterocycles. The number of nitrogens with zero attached hydrogens (tertiary/aromatic N) is 4. The number of methoxy groups -OCH3 is 1. The number of sulfonamides is 1. The summed E-state index contributed by atoms with van der Waals surface area (Å²) in [5.41, 5.74) is 0.627. The van der Waals surface area contributed by atoms with Crippen LogP contribution in [0.4, 0.5) is 14.5 Å². The van der Waals surface area contributed by atoms with Gasteiger partial charge in [0.1, 0.15) is 33.5 Å². The number of benzene rings is 1. The highest BCUT2D eigenvalue weighted by Gasteiger charge is 2.26. The lowest BCUT2D eigenvalue weighted by molar-refractivity contribution is 0.0679. The minimum atomic E-state index is -4.44. The van der Waals surface area contributed by atoms with Gasteiger partial charge in [0.25, 0.3) is 10.0 Å². The van der Waals surface area contributed by atoms with Crippen molar-refractivity contribution in [3.8, 4) is 29.0 Å². The smallest absolute Gasteiger partial charge is 0.264 e. The van der Waals surface area contributed by atoms with Crippen molar-refractivity contribution in [1.29, 1.82) is 0 Å². The van der Waals surface area contributed by atoms with Crippen LogP contribution in [0.25, 0.3) is 16.9 Å². The van der Waals surface area contributed by atoms with Crippen LogP contribution in [0.5, 0.6) is 5.88 Å². The van der Waals surface area contributed by atoms with Gasteiger partial charge in [0.2, 0.25) is 5.88 Å². The van der Waals surface area contributed by atoms with Gasteiger partial charge in [0.05, 0.1) is 19.0 Å². The molecule has 10 nitrogen and oxygen atoms in total. The number of anilines is 1. The Kier molecular flexibility index (Phi) is 6.70. The number of hydrogen-bond acceptors (Lipinski definition) is 8. The molecular weight excluding hydrogens is 518 g/mol. The molecule has 1 aliphatic heterocycles. The second-order valence-electron chi connectivity index (χ2n) is 8.62. The summed E-state index contributed by atoms with van der Waals surface area (Å²) < 4.78 is 62.1. The first-order valence-electron chi connectivity index (χ1n) is 11.5. The van der Waals surface area contributed by atoms with Crippen molar-refractivity contribution in [2.45, 2.75) is 23.3 Å². The van der Waals surface area contributed by atoms with Gasteiger partial charge in [-0.15, -0.1) is 0 Å². The van der Waals surface area contributed by atoms with E-state index in [1.165, 1.54) is 23.9 Å². The van der Waals surface area contributed by atoms with Crippen LogP contribution in [0, 0.1) is 23.5 Å². The molecule has 4 heterocycles. The molecule has 38 heavy (non-hydrogen) atoms. The summed E-state index contributed by atoms with van der Waals surface area (Å²) in [5, 5.41) is 18.4. The Morgan fingerprint density at radius 1 is 1.13 bits per heavy atom. The third-order valence-corrected chi connectivity index (χ3v) is 7.38. The number of piperidine rings is 1. The molecule has 1 aromatic carbocycles. The fourth-order valence-corrected chi connectivity index (χ4v) is 5.09. The zero-order valence-electron chi connectivity index (χ0n) is 20.1. The lowest BCUT2D eigenvalue weighted by atomic mass is 9.93. The van der Waals surface area contributed by atoms with Crippen molar-refractivity contribution in [1.82, 2.24) is 24.9 Å². The quantitative estimate of drug-likeness (QED) is 0.329. The van der Waals surface area contributed by atoms with Gasteiger partial charge in [0.15, 0.2) is 5.65 Å². The molecule has 0 spiro atoms. The molecule has 0 aliphatic carbocycles. The van der Waals surface area contributed by atoms with E-state index in [1.54, 1.807) is 18.3 Å². The van der Waals surface area contributed by atoms with E-state index in [4.69, 9.17) is 4.74 Å². The normalized spacial score (nSPS) is 15.1. The Balaban J connectivity index is 1.50. The number of rotatable bonds is 5. The molecule has 196 valence electrons. The van der Waals surface area contributed by atoms with Crippen molar-refractivity contribution in [2.75, 3.05) is 24.9 Å². The van der Waals surface area contributed by atoms with Gasteiger partial charge in [-0.2, -0.15) is 5.10 Å². The number of hydrogen-bond donors (Lipinski definition) is 3. The van der Waals surface area contributed by atoms with Gasteiger partial charge in [0, 0.05) is 17.8 Å². The highest BCUT2D eigenvalue weighted by Crippen LogP contribution is 2.30. The van der Waals surface area contributed by atoms with E-state index in [0.29, 0.717) is 54.6 Å². The van der Waals surface area contributed by atoms with E-state index in [9.17, 15) is 22.3 Å². The number of fused-ring (bicyclic) bond motifs is 1. The van der Waals surface area contributed by atoms with Crippen LogP contribution >= 0.6 is 0 Å². The average molecular weight is 541 g/mol. The Hall–Kier alpha value is -4.12. The molecule has 13 heteroatoms. The van der Waals surface area contributed by atoms with Crippen molar-refractivity contribution < 1.29 is 27.0 Å². The summed E-state index contributed by atoms with van der Waals surface area (Å²) >= 11 is 0. The molecule has 3 N–H and O–H groups in total. The largest absolute Gasteiger partial charge is 0.480 e. The molecule has 0 bridgehead atoms. The molecule has 5 rings (SSSR count). The maximum absolute atomic E-state index is 14.2. The molecule has 4 aromatic rings. The van der Waals surface area contributed by atoms with E-state index >= 15 is 0 Å². The Labute approximate surface area is 216 Å². The Morgan fingerprint density at radius 2 is 1.92 bits per heavy atom. The van der Waals surface area contributed by atoms with Crippen LogP contribution in [0.15, 0.2) is 53.7 Å². The molecular formula is C25H22F2N6O4S. The number of aliphatic hydroxyl groups is 1. The number of nitrogens with one attached hydrogen (secondary N) is 2. The highest BCUT2D eigenvalue weighted by molar-refractivity contribution is 7.92.